The summed E-state index contributed by atoms with van der Waals surface area (Å²) in [5.41, 5.74) is 2.71. The molecular formula is C19H26FN3O. The molecule has 1 aromatic heterocycles. The summed E-state index contributed by atoms with van der Waals surface area (Å²) in [4.78, 5) is 12.2. The van der Waals surface area contributed by atoms with Crippen molar-refractivity contribution in [1.29, 1.82) is 0 Å². The first-order valence-electron chi connectivity index (χ1n) is 8.52. The molecule has 1 N–H and O–H groups in total. The average Bonchev–Trinajstić information content (AvgIpc) is 2.90. The fourth-order valence-electron chi connectivity index (χ4n) is 2.98. The molecule has 0 saturated carbocycles. The van der Waals surface area contributed by atoms with Crippen LogP contribution in [0.2, 0.25) is 0 Å². The fraction of sp³-hybridized carbons (Fsp3) is 0.474. The largest absolute Gasteiger partial charge is 0.349 e. The van der Waals surface area contributed by atoms with E-state index >= 15 is 0 Å². The summed E-state index contributed by atoms with van der Waals surface area (Å²) in [6, 6.07) is 6.09. The molecule has 2 rings (SSSR count). The van der Waals surface area contributed by atoms with Crippen molar-refractivity contribution in [3.8, 4) is 5.69 Å². The predicted molar refractivity (Wildman–Crippen MR) is 93.5 cm³/mol. The molecule has 0 aliphatic rings. The Balaban J connectivity index is 2.07. The van der Waals surface area contributed by atoms with E-state index in [4.69, 9.17) is 0 Å². The van der Waals surface area contributed by atoms with Crippen molar-refractivity contribution in [1.82, 2.24) is 15.1 Å². The standard InChI is InChI=1S/C19H26FN3O/c1-5-6-13(2)11-19(24)22-14(3)18-12-21-23(15(18)4)17-9-7-16(20)8-10-17/h7-10,12-14H,5-6,11H2,1-4H3,(H,22,24). The molecule has 5 heteroatoms. The van der Waals surface area contributed by atoms with E-state index in [9.17, 15) is 9.18 Å². The number of aromatic nitrogens is 2. The summed E-state index contributed by atoms with van der Waals surface area (Å²) >= 11 is 0. The molecule has 1 amide bonds. The maximum absolute atomic E-state index is 13.1. The van der Waals surface area contributed by atoms with E-state index in [2.05, 4.69) is 24.3 Å². The van der Waals surface area contributed by atoms with E-state index in [1.165, 1.54) is 12.1 Å². The summed E-state index contributed by atoms with van der Waals surface area (Å²) in [5.74, 6) is 0.188. The number of amides is 1. The molecule has 0 radical (unpaired) electrons. The number of hydrogen-bond donors (Lipinski definition) is 1. The van der Waals surface area contributed by atoms with Crippen LogP contribution in [0.25, 0.3) is 5.69 Å². The molecule has 2 unspecified atom stereocenters. The van der Waals surface area contributed by atoms with Crippen LogP contribution >= 0.6 is 0 Å². The van der Waals surface area contributed by atoms with E-state index in [1.54, 1.807) is 23.0 Å². The van der Waals surface area contributed by atoms with Crippen LogP contribution in [-0.4, -0.2) is 15.7 Å². The third-order valence-electron chi connectivity index (χ3n) is 4.28. The van der Waals surface area contributed by atoms with E-state index in [0.29, 0.717) is 12.3 Å². The van der Waals surface area contributed by atoms with Crippen LogP contribution in [0.15, 0.2) is 30.5 Å². The number of benzene rings is 1. The van der Waals surface area contributed by atoms with Crippen LogP contribution in [0.4, 0.5) is 4.39 Å². The van der Waals surface area contributed by atoms with E-state index < -0.39 is 0 Å². The molecule has 4 nitrogen and oxygen atoms in total. The molecule has 2 aromatic rings. The van der Waals surface area contributed by atoms with Gasteiger partial charge in [-0.1, -0.05) is 26.7 Å². The molecular weight excluding hydrogens is 305 g/mol. The Kier molecular flexibility index (Phi) is 6.12. The molecule has 1 aromatic carbocycles. The van der Waals surface area contributed by atoms with Crippen LogP contribution in [0.5, 0.6) is 0 Å². The van der Waals surface area contributed by atoms with Gasteiger partial charge in [-0.2, -0.15) is 5.10 Å². The van der Waals surface area contributed by atoms with Crippen molar-refractivity contribution in [3.05, 3.63) is 47.5 Å². The van der Waals surface area contributed by atoms with Crippen molar-refractivity contribution >= 4 is 5.91 Å². The van der Waals surface area contributed by atoms with E-state index in [0.717, 1.165) is 29.8 Å². The Morgan fingerprint density at radius 2 is 1.96 bits per heavy atom. The van der Waals surface area contributed by atoms with Gasteiger partial charge in [0.15, 0.2) is 0 Å². The maximum Gasteiger partial charge on any atom is 0.220 e. The molecule has 130 valence electrons. The van der Waals surface area contributed by atoms with Gasteiger partial charge in [0.25, 0.3) is 0 Å². The zero-order chi connectivity index (χ0) is 17.7. The second kappa shape index (κ2) is 8.08. The van der Waals surface area contributed by atoms with Gasteiger partial charge in [0.1, 0.15) is 5.82 Å². The summed E-state index contributed by atoms with van der Waals surface area (Å²) in [5, 5.41) is 7.43. The number of rotatable bonds is 7. The smallest absolute Gasteiger partial charge is 0.220 e. The SMILES string of the molecule is CCCC(C)CC(=O)NC(C)c1cnn(-c2ccc(F)cc2)c1C. The highest BCUT2D eigenvalue weighted by atomic mass is 19.1. The van der Waals surface area contributed by atoms with Crippen molar-refractivity contribution in [2.45, 2.75) is 53.0 Å². The number of hydrogen-bond acceptors (Lipinski definition) is 2. The van der Waals surface area contributed by atoms with Gasteiger partial charge in [0.2, 0.25) is 5.91 Å². The third kappa shape index (κ3) is 4.43. The van der Waals surface area contributed by atoms with Crippen LogP contribution in [0.1, 0.15) is 57.3 Å². The average molecular weight is 331 g/mol. The quantitative estimate of drug-likeness (QED) is 0.821. The van der Waals surface area contributed by atoms with E-state index in [1.807, 2.05) is 13.8 Å². The Bertz CT molecular complexity index is 678. The number of nitrogens with one attached hydrogen (secondary N) is 1. The molecule has 0 spiro atoms. The number of carbonyl (C=O) groups is 1. The lowest BCUT2D eigenvalue weighted by Gasteiger charge is -2.16. The summed E-state index contributed by atoms with van der Waals surface area (Å²) in [6.45, 7) is 8.14. The zero-order valence-electron chi connectivity index (χ0n) is 14.8. The topological polar surface area (TPSA) is 46.9 Å². The van der Waals surface area contributed by atoms with Crippen molar-refractivity contribution in [2.24, 2.45) is 5.92 Å². The lowest BCUT2D eigenvalue weighted by Crippen LogP contribution is -2.28. The van der Waals surface area contributed by atoms with Crippen LogP contribution < -0.4 is 5.32 Å². The molecule has 0 fully saturated rings. The Morgan fingerprint density at radius 1 is 1.29 bits per heavy atom. The highest BCUT2D eigenvalue weighted by molar-refractivity contribution is 5.76. The minimum absolute atomic E-state index is 0.0670. The van der Waals surface area contributed by atoms with Gasteiger partial charge in [-0.15, -0.1) is 0 Å². The minimum Gasteiger partial charge on any atom is -0.349 e. The zero-order valence-corrected chi connectivity index (χ0v) is 14.8. The fourth-order valence-corrected chi connectivity index (χ4v) is 2.98. The lowest BCUT2D eigenvalue weighted by molar-refractivity contribution is -0.122. The number of halogens is 1. The second-order valence-corrected chi connectivity index (χ2v) is 6.46. The van der Waals surface area contributed by atoms with Gasteiger partial charge < -0.3 is 5.32 Å². The molecule has 0 bridgehead atoms. The van der Waals surface area contributed by atoms with Crippen LogP contribution in [-0.2, 0) is 4.79 Å². The molecule has 1 heterocycles. The maximum atomic E-state index is 13.1. The minimum atomic E-state index is -0.273. The Morgan fingerprint density at radius 3 is 2.58 bits per heavy atom. The van der Waals surface area contributed by atoms with Crippen LogP contribution in [0.3, 0.4) is 0 Å². The Labute approximate surface area is 143 Å². The van der Waals surface area contributed by atoms with Crippen molar-refractivity contribution < 1.29 is 9.18 Å². The Hall–Kier alpha value is -2.17. The molecule has 24 heavy (non-hydrogen) atoms. The van der Waals surface area contributed by atoms with Gasteiger partial charge in [-0.3, -0.25) is 4.79 Å². The third-order valence-corrected chi connectivity index (χ3v) is 4.28. The summed E-state index contributed by atoms with van der Waals surface area (Å²) < 4.78 is 14.8. The first-order chi connectivity index (χ1) is 11.4. The summed E-state index contributed by atoms with van der Waals surface area (Å²) in [7, 11) is 0. The van der Waals surface area contributed by atoms with Gasteiger partial charge in [0, 0.05) is 17.7 Å². The van der Waals surface area contributed by atoms with Gasteiger partial charge in [-0.05, 0) is 44.0 Å². The van der Waals surface area contributed by atoms with E-state index in [-0.39, 0.29) is 17.8 Å². The highest BCUT2D eigenvalue weighted by Gasteiger charge is 2.17. The molecule has 0 saturated heterocycles. The van der Waals surface area contributed by atoms with Crippen molar-refractivity contribution in [3.63, 3.8) is 0 Å². The van der Waals surface area contributed by atoms with Gasteiger partial charge in [-0.25, -0.2) is 9.07 Å². The molecule has 0 aliphatic carbocycles. The van der Waals surface area contributed by atoms with Gasteiger partial charge in [0.05, 0.1) is 17.9 Å². The highest BCUT2D eigenvalue weighted by Crippen LogP contribution is 2.21. The predicted octanol–water partition coefficient (Wildman–Crippen LogP) is 4.32. The van der Waals surface area contributed by atoms with Crippen LogP contribution in [0, 0.1) is 18.7 Å². The number of carbonyl (C=O) groups excluding carboxylic acids is 1. The molecule has 2 atom stereocenters. The molecule has 0 aliphatic heterocycles. The normalized spacial score (nSPS) is 13.5. The first kappa shape index (κ1) is 18.2. The first-order valence-corrected chi connectivity index (χ1v) is 8.52. The van der Waals surface area contributed by atoms with Gasteiger partial charge >= 0.3 is 0 Å². The van der Waals surface area contributed by atoms with Crippen molar-refractivity contribution in [2.75, 3.05) is 0 Å². The summed E-state index contributed by atoms with van der Waals surface area (Å²) in [6.07, 6.45) is 4.46. The number of nitrogens with zero attached hydrogens (tertiary/aromatic N) is 2. The lowest BCUT2D eigenvalue weighted by atomic mass is 10.0. The second-order valence-electron chi connectivity index (χ2n) is 6.46. The monoisotopic (exact) mass is 331 g/mol.